The molecule has 0 spiro atoms. The molecule has 0 N–H and O–H groups in total. The summed E-state index contributed by atoms with van der Waals surface area (Å²) in [5.41, 5.74) is 1.56. The molecule has 1 fully saturated rings. The zero-order chi connectivity index (χ0) is 13.1. The van der Waals surface area contributed by atoms with Crippen molar-refractivity contribution < 1.29 is 4.79 Å². The summed E-state index contributed by atoms with van der Waals surface area (Å²) in [6.07, 6.45) is 2.13. The molecule has 0 saturated carbocycles. The van der Waals surface area contributed by atoms with Gasteiger partial charge in [0.2, 0.25) is 0 Å². The van der Waals surface area contributed by atoms with E-state index in [-0.39, 0.29) is 0 Å². The number of aldehydes is 1. The van der Waals surface area contributed by atoms with E-state index in [2.05, 4.69) is 21.8 Å². The fourth-order valence-electron chi connectivity index (χ4n) is 2.67. The van der Waals surface area contributed by atoms with Crippen LogP contribution in [0.4, 0.5) is 5.82 Å². The molecule has 18 heavy (non-hydrogen) atoms. The summed E-state index contributed by atoms with van der Waals surface area (Å²) in [5, 5.41) is 4.34. The Kier molecular flexibility index (Phi) is 4.01. The molecule has 1 aromatic rings. The van der Waals surface area contributed by atoms with Crippen molar-refractivity contribution in [2.45, 2.75) is 20.3 Å². The van der Waals surface area contributed by atoms with E-state index in [0.717, 1.165) is 49.5 Å². The fourth-order valence-corrected chi connectivity index (χ4v) is 2.67. The van der Waals surface area contributed by atoms with Crippen molar-refractivity contribution in [3.05, 3.63) is 11.3 Å². The summed E-state index contributed by atoms with van der Waals surface area (Å²) in [6.45, 7) is 9.34. The molecule has 5 nitrogen and oxygen atoms in total. The Bertz CT molecular complexity index is 419. The summed E-state index contributed by atoms with van der Waals surface area (Å²) in [5.74, 6) is 0.971. The van der Waals surface area contributed by atoms with Crippen LogP contribution in [-0.4, -0.2) is 53.7 Å². The molecule has 1 aliphatic heterocycles. The van der Waals surface area contributed by atoms with Gasteiger partial charge in [0.1, 0.15) is 5.82 Å². The molecule has 100 valence electrons. The average Bonchev–Trinajstić information content (AvgIpc) is 2.65. The smallest absolute Gasteiger partial charge is 0.155 e. The topological polar surface area (TPSA) is 41.4 Å². The minimum absolute atomic E-state index is 0.737. The number of rotatable bonds is 4. The molecule has 0 aromatic carbocycles. The molecule has 1 saturated heterocycles. The molecule has 2 rings (SSSR count). The van der Waals surface area contributed by atoms with Gasteiger partial charge in [-0.1, -0.05) is 6.92 Å². The van der Waals surface area contributed by atoms with Crippen LogP contribution in [0.15, 0.2) is 0 Å². The van der Waals surface area contributed by atoms with Crippen molar-refractivity contribution in [3.63, 3.8) is 0 Å². The number of hydrogen-bond donors (Lipinski definition) is 0. The maximum atomic E-state index is 11.2. The van der Waals surface area contributed by atoms with E-state index >= 15 is 0 Å². The first-order valence-electron chi connectivity index (χ1n) is 6.63. The molecule has 1 aliphatic rings. The van der Waals surface area contributed by atoms with Gasteiger partial charge in [-0.2, -0.15) is 5.10 Å². The lowest BCUT2D eigenvalue weighted by atomic mass is 10.2. The van der Waals surface area contributed by atoms with E-state index in [0.29, 0.717) is 0 Å². The average molecular weight is 250 g/mol. The van der Waals surface area contributed by atoms with E-state index in [1.165, 1.54) is 13.0 Å². The summed E-state index contributed by atoms with van der Waals surface area (Å²) < 4.78 is 1.83. The summed E-state index contributed by atoms with van der Waals surface area (Å²) in [6, 6.07) is 0. The number of carbonyl (C=O) groups is 1. The molecule has 0 unspecified atom stereocenters. The van der Waals surface area contributed by atoms with Crippen LogP contribution in [0, 0.1) is 6.92 Å². The first-order valence-corrected chi connectivity index (χ1v) is 6.63. The van der Waals surface area contributed by atoms with Crippen LogP contribution in [0.2, 0.25) is 0 Å². The highest BCUT2D eigenvalue weighted by Crippen LogP contribution is 2.22. The van der Waals surface area contributed by atoms with Crippen molar-refractivity contribution in [2.75, 3.05) is 37.6 Å². The van der Waals surface area contributed by atoms with Crippen LogP contribution in [0.3, 0.4) is 0 Å². The third-order valence-electron chi connectivity index (χ3n) is 3.57. The first kappa shape index (κ1) is 13.1. The Morgan fingerprint density at radius 2 is 1.94 bits per heavy atom. The predicted molar refractivity (Wildman–Crippen MR) is 72.3 cm³/mol. The Balaban J connectivity index is 2.12. The van der Waals surface area contributed by atoms with Gasteiger partial charge in [0.15, 0.2) is 6.29 Å². The van der Waals surface area contributed by atoms with E-state index in [4.69, 9.17) is 0 Å². The molecular weight excluding hydrogens is 228 g/mol. The van der Waals surface area contributed by atoms with Gasteiger partial charge in [-0.25, -0.2) is 0 Å². The number of nitrogens with zero attached hydrogens (tertiary/aromatic N) is 4. The highest BCUT2D eigenvalue weighted by molar-refractivity contribution is 5.84. The Morgan fingerprint density at radius 1 is 1.28 bits per heavy atom. The number of aryl methyl sites for hydroxylation is 2. The fraction of sp³-hybridized carbons (Fsp3) is 0.692. The maximum absolute atomic E-state index is 11.2. The second-order valence-electron chi connectivity index (χ2n) is 4.89. The molecule has 0 aliphatic carbocycles. The van der Waals surface area contributed by atoms with Crippen LogP contribution in [0.5, 0.6) is 0 Å². The SMILES string of the molecule is CCCN1CCN(c2c(C=O)c(C)nn2C)CC1. The quantitative estimate of drug-likeness (QED) is 0.750. The monoisotopic (exact) mass is 250 g/mol. The normalized spacial score (nSPS) is 17.2. The van der Waals surface area contributed by atoms with Gasteiger partial charge in [-0.05, 0) is 19.9 Å². The number of hydrogen-bond acceptors (Lipinski definition) is 4. The zero-order valence-electron chi connectivity index (χ0n) is 11.5. The van der Waals surface area contributed by atoms with Crippen molar-refractivity contribution in [1.82, 2.24) is 14.7 Å². The van der Waals surface area contributed by atoms with Gasteiger partial charge in [0.25, 0.3) is 0 Å². The van der Waals surface area contributed by atoms with Crippen molar-refractivity contribution >= 4 is 12.1 Å². The first-order chi connectivity index (χ1) is 8.67. The lowest BCUT2D eigenvalue weighted by Crippen LogP contribution is -2.47. The number of anilines is 1. The molecule has 0 bridgehead atoms. The van der Waals surface area contributed by atoms with E-state index in [1.807, 2.05) is 18.7 Å². The van der Waals surface area contributed by atoms with Crippen LogP contribution >= 0.6 is 0 Å². The lowest BCUT2D eigenvalue weighted by molar-refractivity contribution is 0.112. The summed E-state index contributed by atoms with van der Waals surface area (Å²) in [7, 11) is 1.91. The Morgan fingerprint density at radius 3 is 2.50 bits per heavy atom. The third kappa shape index (κ3) is 2.41. The molecular formula is C13H22N4O. The predicted octanol–water partition coefficient (Wildman–Crippen LogP) is 1.07. The van der Waals surface area contributed by atoms with Crippen molar-refractivity contribution in [3.8, 4) is 0 Å². The minimum Gasteiger partial charge on any atom is -0.354 e. The molecule has 1 aromatic heterocycles. The summed E-state index contributed by atoms with van der Waals surface area (Å²) in [4.78, 5) is 15.9. The van der Waals surface area contributed by atoms with Gasteiger partial charge < -0.3 is 4.90 Å². The van der Waals surface area contributed by atoms with Gasteiger partial charge in [-0.15, -0.1) is 0 Å². The zero-order valence-corrected chi connectivity index (χ0v) is 11.5. The van der Waals surface area contributed by atoms with Crippen molar-refractivity contribution in [2.24, 2.45) is 7.05 Å². The van der Waals surface area contributed by atoms with Crippen LogP contribution < -0.4 is 4.90 Å². The lowest BCUT2D eigenvalue weighted by Gasteiger charge is -2.35. The summed E-state index contributed by atoms with van der Waals surface area (Å²) >= 11 is 0. The van der Waals surface area contributed by atoms with Crippen LogP contribution in [0.1, 0.15) is 29.4 Å². The number of piperazine rings is 1. The van der Waals surface area contributed by atoms with E-state index < -0.39 is 0 Å². The highest BCUT2D eigenvalue weighted by Gasteiger charge is 2.22. The molecule has 2 heterocycles. The minimum atomic E-state index is 0.737. The maximum Gasteiger partial charge on any atom is 0.155 e. The Hall–Kier alpha value is -1.36. The molecule has 0 atom stereocenters. The standard InChI is InChI=1S/C13H22N4O/c1-4-5-16-6-8-17(9-7-16)13-12(10-18)11(2)14-15(13)3/h10H,4-9H2,1-3H3. The van der Waals surface area contributed by atoms with Gasteiger partial charge >= 0.3 is 0 Å². The number of aromatic nitrogens is 2. The molecule has 5 heteroatoms. The van der Waals surface area contributed by atoms with E-state index in [1.54, 1.807) is 0 Å². The number of carbonyl (C=O) groups excluding carboxylic acids is 1. The molecule has 0 radical (unpaired) electrons. The second kappa shape index (κ2) is 5.52. The van der Waals surface area contributed by atoms with Crippen LogP contribution in [-0.2, 0) is 7.05 Å². The van der Waals surface area contributed by atoms with Crippen molar-refractivity contribution in [1.29, 1.82) is 0 Å². The Labute approximate surface area is 108 Å². The van der Waals surface area contributed by atoms with E-state index in [9.17, 15) is 4.79 Å². The van der Waals surface area contributed by atoms with Crippen LogP contribution in [0.25, 0.3) is 0 Å². The largest absolute Gasteiger partial charge is 0.354 e. The van der Waals surface area contributed by atoms with Gasteiger partial charge in [-0.3, -0.25) is 14.4 Å². The highest BCUT2D eigenvalue weighted by atomic mass is 16.1. The molecule has 0 amide bonds. The second-order valence-corrected chi connectivity index (χ2v) is 4.89. The third-order valence-corrected chi connectivity index (χ3v) is 3.57. The van der Waals surface area contributed by atoms with Gasteiger partial charge in [0, 0.05) is 33.2 Å². The van der Waals surface area contributed by atoms with Gasteiger partial charge in [0.05, 0.1) is 11.3 Å².